The predicted octanol–water partition coefficient (Wildman–Crippen LogP) is 2.64. The molecule has 2 heteroatoms. The van der Waals surface area contributed by atoms with E-state index in [1.165, 1.54) is 58.2 Å². The molecule has 0 amide bonds. The average Bonchev–Trinajstić information content (AvgIpc) is 2.34. The maximum Gasteiger partial charge on any atom is 0.0226 e. The van der Waals surface area contributed by atoms with Gasteiger partial charge in [0.15, 0.2) is 0 Å². The van der Waals surface area contributed by atoms with Crippen LogP contribution < -0.4 is 5.32 Å². The van der Waals surface area contributed by atoms with Crippen LogP contribution in [0, 0.1) is 11.3 Å². The molecular formula is C15H28N2. The summed E-state index contributed by atoms with van der Waals surface area (Å²) in [6.45, 7) is 8.90. The summed E-state index contributed by atoms with van der Waals surface area (Å²) in [6.07, 6.45) is 8.50. The fraction of sp³-hybridized carbons (Fsp3) is 1.00. The van der Waals surface area contributed by atoms with E-state index in [4.69, 9.17) is 0 Å². The van der Waals surface area contributed by atoms with Gasteiger partial charge in [0.25, 0.3) is 0 Å². The van der Waals surface area contributed by atoms with E-state index in [9.17, 15) is 0 Å². The molecule has 17 heavy (non-hydrogen) atoms. The van der Waals surface area contributed by atoms with Crippen molar-refractivity contribution >= 4 is 0 Å². The van der Waals surface area contributed by atoms with Gasteiger partial charge in [-0.3, -0.25) is 0 Å². The highest BCUT2D eigenvalue weighted by Gasteiger charge is 2.36. The van der Waals surface area contributed by atoms with E-state index in [1.807, 2.05) is 0 Å². The minimum Gasteiger partial charge on any atom is -0.310 e. The number of hydrogen-bond acceptors (Lipinski definition) is 2. The summed E-state index contributed by atoms with van der Waals surface area (Å²) in [7, 11) is 0. The first kappa shape index (κ1) is 12.0. The minimum atomic E-state index is 0.604. The highest BCUT2D eigenvalue weighted by molar-refractivity contribution is 4.93. The van der Waals surface area contributed by atoms with Gasteiger partial charge >= 0.3 is 0 Å². The van der Waals surface area contributed by atoms with Crippen molar-refractivity contribution in [3.63, 3.8) is 0 Å². The molecule has 1 N–H and O–H groups in total. The van der Waals surface area contributed by atoms with Gasteiger partial charge in [-0.15, -0.1) is 0 Å². The molecule has 0 radical (unpaired) electrons. The fourth-order valence-corrected chi connectivity index (χ4v) is 4.02. The molecule has 2 bridgehead atoms. The largest absolute Gasteiger partial charge is 0.310 e. The minimum absolute atomic E-state index is 0.604. The SMILES string of the molecule is CC1(C)CCC(NC2CN3CCC2CC3)CC1. The lowest BCUT2D eigenvalue weighted by molar-refractivity contribution is 0.0597. The second-order valence-electron chi connectivity index (χ2n) is 7.35. The lowest BCUT2D eigenvalue weighted by Gasteiger charge is -2.47. The van der Waals surface area contributed by atoms with Crippen molar-refractivity contribution in [1.29, 1.82) is 0 Å². The topological polar surface area (TPSA) is 15.3 Å². The molecule has 1 aliphatic carbocycles. The molecule has 1 saturated carbocycles. The number of nitrogens with zero attached hydrogens (tertiary/aromatic N) is 1. The van der Waals surface area contributed by atoms with Crippen molar-refractivity contribution in [3.8, 4) is 0 Å². The number of nitrogens with one attached hydrogen (secondary N) is 1. The summed E-state index contributed by atoms with van der Waals surface area (Å²) < 4.78 is 0. The van der Waals surface area contributed by atoms with Crippen LogP contribution in [0.5, 0.6) is 0 Å². The first-order valence-corrected chi connectivity index (χ1v) is 7.61. The summed E-state index contributed by atoms with van der Waals surface area (Å²) in [5, 5.41) is 3.99. The van der Waals surface area contributed by atoms with Gasteiger partial charge in [0, 0.05) is 18.6 Å². The Morgan fingerprint density at radius 1 is 1.00 bits per heavy atom. The predicted molar refractivity (Wildman–Crippen MR) is 72.1 cm³/mol. The highest BCUT2D eigenvalue weighted by atomic mass is 15.2. The molecular weight excluding hydrogens is 208 g/mol. The molecule has 0 aromatic heterocycles. The molecule has 4 fully saturated rings. The Bertz CT molecular complexity index is 256. The Balaban J connectivity index is 1.51. The van der Waals surface area contributed by atoms with Crippen LogP contribution in [0.25, 0.3) is 0 Å². The Morgan fingerprint density at radius 2 is 1.65 bits per heavy atom. The molecule has 0 spiro atoms. The Morgan fingerprint density at radius 3 is 2.18 bits per heavy atom. The first-order chi connectivity index (χ1) is 8.12. The van der Waals surface area contributed by atoms with Gasteiger partial charge in [-0.1, -0.05) is 13.8 Å². The van der Waals surface area contributed by atoms with E-state index >= 15 is 0 Å². The third-order valence-electron chi connectivity index (χ3n) is 5.45. The van der Waals surface area contributed by atoms with E-state index in [-0.39, 0.29) is 0 Å². The van der Waals surface area contributed by atoms with Gasteiger partial charge in [0.2, 0.25) is 0 Å². The van der Waals surface area contributed by atoms with Gasteiger partial charge in [-0.05, 0) is 62.9 Å². The van der Waals surface area contributed by atoms with E-state index in [1.54, 1.807) is 0 Å². The molecule has 0 aromatic carbocycles. The molecule has 1 unspecified atom stereocenters. The zero-order valence-corrected chi connectivity index (χ0v) is 11.5. The monoisotopic (exact) mass is 236 g/mol. The van der Waals surface area contributed by atoms with Crippen LogP contribution in [-0.4, -0.2) is 36.6 Å². The first-order valence-electron chi connectivity index (χ1n) is 7.61. The van der Waals surface area contributed by atoms with Crippen molar-refractivity contribution in [3.05, 3.63) is 0 Å². The lowest BCUT2D eigenvalue weighted by atomic mass is 9.75. The summed E-state index contributed by atoms with van der Waals surface area (Å²) in [5.41, 5.74) is 0.604. The normalized spacial score (nSPS) is 41.6. The smallest absolute Gasteiger partial charge is 0.0226 e. The van der Waals surface area contributed by atoms with Gasteiger partial charge in [-0.2, -0.15) is 0 Å². The van der Waals surface area contributed by atoms with E-state index in [2.05, 4.69) is 24.1 Å². The van der Waals surface area contributed by atoms with Crippen molar-refractivity contribution in [2.75, 3.05) is 19.6 Å². The zero-order chi connectivity index (χ0) is 11.9. The van der Waals surface area contributed by atoms with Gasteiger partial charge in [0.05, 0.1) is 0 Å². The van der Waals surface area contributed by atoms with E-state index in [0.29, 0.717) is 5.41 Å². The lowest BCUT2D eigenvalue weighted by Crippen LogP contribution is -2.58. The van der Waals surface area contributed by atoms with Gasteiger partial charge in [-0.25, -0.2) is 0 Å². The second-order valence-corrected chi connectivity index (χ2v) is 7.35. The zero-order valence-electron chi connectivity index (χ0n) is 11.5. The number of fused-ring (bicyclic) bond motifs is 3. The molecule has 3 saturated heterocycles. The molecule has 3 heterocycles. The van der Waals surface area contributed by atoms with Crippen molar-refractivity contribution in [2.45, 2.75) is 64.5 Å². The summed E-state index contributed by atoms with van der Waals surface area (Å²) >= 11 is 0. The molecule has 1 atom stereocenters. The van der Waals surface area contributed by atoms with Gasteiger partial charge < -0.3 is 10.2 Å². The number of piperidine rings is 3. The molecule has 0 aromatic rings. The summed E-state index contributed by atoms with van der Waals surface area (Å²) in [5.74, 6) is 0.981. The number of rotatable bonds is 2. The summed E-state index contributed by atoms with van der Waals surface area (Å²) in [4.78, 5) is 2.66. The fourth-order valence-electron chi connectivity index (χ4n) is 4.02. The Labute approximate surface area is 106 Å². The molecule has 2 nitrogen and oxygen atoms in total. The van der Waals surface area contributed by atoms with Crippen molar-refractivity contribution in [2.24, 2.45) is 11.3 Å². The maximum atomic E-state index is 3.99. The standard InChI is InChI=1S/C15H28N2/c1-15(2)7-3-13(4-8-15)16-14-11-17-9-5-12(14)6-10-17/h12-14,16H,3-11H2,1-2H3. The third-order valence-corrected chi connectivity index (χ3v) is 5.45. The van der Waals surface area contributed by atoms with E-state index < -0.39 is 0 Å². The van der Waals surface area contributed by atoms with Crippen LogP contribution in [0.15, 0.2) is 0 Å². The van der Waals surface area contributed by atoms with Crippen molar-refractivity contribution in [1.82, 2.24) is 10.2 Å². The molecule has 3 aliphatic heterocycles. The molecule has 4 aliphatic rings. The second kappa shape index (κ2) is 4.55. The van der Waals surface area contributed by atoms with Crippen LogP contribution in [0.2, 0.25) is 0 Å². The quantitative estimate of drug-likeness (QED) is 0.793. The van der Waals surface area contributed by atoms with Gasteiger partial charge in [0.1, 0.15) is 0 Å². The highest BCUT2D eigenvalue weighted by Crippen LogP contribution is 2.36. The van der Waals surface area contributed by atoms with Crippen LogP contribution in [0.3, 0.4) is 0 Å². The number of hydrogen-bond donors (Lipinski definition) is 1. The van der Waals surface area contributed by atoms with E-state index in [0.717, 1.165) is 18.0 Å². The third kappa shape index (κ3) is 2.68. The van der Waals surface area contributed by atoms with Crippen molar-refractivity contribution < 1.29 is 0 Å². The maximum absolute atomic E-state index is 3.99. The Kier molecular flexibility index (Phi) is 3.20. The van der Waals surface area contributed by atoms with Crippen LogP contribution in [0.1, 0.15) is 52.4 Å². The molecule has 4 rings (SSSR count). The summed E-state index contributed by atoms with van der Waals surface area (Å²) in [6, 6.07) is 1.62. The van der Waals surface area contributed by atoms with Crippen LogP contribution in [-0.2, 0) is 0 Å². The average molecular weight is 236 g/mol. The van der Waals surface area contributed by atoms with Crippen LogP contribution >= 0.6 is 0 Å². The van der Waals surface area contributed by atoms with Crippen LogP contribution in [0.4, 0.5) is 0 Å². The Hall–Kier alpha value is -0.0800. The molecule has 98 valence electrons.